The first-order valence-corrected chi connectivity index (χ1v) is 7.49. The van der Waals surface area contributed by atoms with Crippen LogP contribution in [0.15, 0.2) is 0 Å². The molecule has 1 heterocycles. The van der Waals surface area contributed by atoms with E-state index in [0.29, 0.717) is 17.2 Å². The Labute approximate surface area is 96.1 Å². The molecule has 0 aromatic rings. The van der Waals surface area contributed by atoms with Crippen LogP contribution in [0.25, 0.3) is 0 Å². The normalized spacial score (nSPS) is 30.6. The smallest absolute Gasteiger partial charge is 0.0363 e. The average molecular weight is 234 g/mol. The highest BCUT2D eigenvalue weighted by atomic mass is 32.2. The van der Waals surface area contributed by atoms with Gasteiger partial charge in [-0.1, -0.05) is 20.8 Å². The van der Waals surface area contributed by atoms with Gasteiger partial charge in [-0.05, 0) is 12.3 Å². The molecule has 0 aliphatic carbocycles. The fraction of sp³-hybridized carbons (Fsp3) is 1.00. The van der Waals surface area contributed by atoms with Gasteiger partial charge in [0, 0.05) is 28.0 Å². The van der Waals surface area contributed by atoms with E-state index in [4.69, 9.17) is 5.84 Å². The first-order chi connectivity index (χ1) is 6.70. The predicted octanol–water partition coefficient (Wildman–Crippen LogP) is 2.10. The maximum Gasteiger partial charge on any atom is 0.0363 e. The summed E-state index contributed by atoms with van der Waals surface area (Å²) >= 11 is 4.21. The summed E-state index contributed by atoms with van der Waals surface area (Å²) in [5, 5.41) is 1.46. The zero-order valence-electron chi connectivity index (χ0n) is 9.32. The summed E-state index contributed by atoms with van der Waals surface area (Å²) < 4.78 is 0. The van der Waals surface area contributed by atoms with Crippen molar-refractivity contribution in [1.82, 2.24) is 5.43 Å². The second-order valence-electron chi connectivity index (χ2n) is 4.09. The van der Waals surface area contributed by atoms with Gasteiger partial charge in [0.15, 0.2) is 0 Å². The minimum atomic E-state index is 0.456. The summed E-state index contributed by atoms with van der Waals surface area (Å²) in [6.07, 6.45) is 1.26. The molecular formula is C10H22N2S2. The Morgan fingerprint density at radius 2 is 2.00 bits per heavy atom. The SMILES string of the molecule is CCC1SCCSC1C(NN)C(C)C. The van der Waals surface area contributed by atoms with Crippen LogP contribution < -0.4 is 11.3 Å². The molecule has 14 heavy (non-hydrogen) atoms. The molecule has 0 aromatic carbocycles. The lowest BCUT2D eigenvalue weighted by Crippen LogP contribution is -2.50. The molecule has 1 saturated heterocycles. The van der Waals surface area contributed by atoms with E-state index in [9.17, 15) is 0 Å². The van der Waals surface area contributed by atoms with E-state index >= 15 is 0 Å². The number of hydrogen-bond donors (Lipinski definition) is 2. The van der Waals surface area contributed by atoms with Crippen LogP contribution in [0.1, 0.15) is 27.2 Å². The van der Waals surface area contributed by atoms with E-state index in [1.165, 1.54) is 17.9 Å². The number of rotatable bonds is 4. The van der Waals surface area contributed by atoms with E-state index in [2.05, 4.69) is 49.7 Å². The molecule has 3 unspecified atom stereocenters. The molecule has 1 aliphatic heterocycles. The predicted molar refractivity (Wildman–Crippen MR) is 68.7 cm³/mol. The van der Waals surface area contributed by atoms with Crippen molar-refractivity contribution in [2.24, 2.45) is 11.8 Å². The average Bonchev–Trinajstić information content (AvgIpc) is 2.19. The van der Waals surface area contributed by atoms with Crippen molar-refractivity contribution >= 4 is 23.5 Å². The monoisotopic (exact) mass is 234 g/mol. The van der Waals surface area contributed by atoms with Gasteiger partial charge in [0.25, 0.3) is 0 Å². The standard InChI is InChI=1S/C10H22N2S2/c1-4-8-10(14-6-5-13-8)9(12-11)7(2)3/h7-10,12H,4-6,11H2,1-3H3. The van der Waals surface area contributed by atoms with Crippen molar-refractivity contribution in [3.05, 3.63) is 0 Å². The summed E-state index contributed by atoms with van der Waals surface area (Å²) in [4.78, 5) is 0. The largest absolute Gasteiger partial charge is 0.271 e. The van der Waals surface area contributed by atoms with E-state index < -0.39 is 0 Å². The molecule has 1 aliphatic rings. The number of hydrogen-bond acceptors (Lipinski definition) is 4. The molecule has 3 N–H and O–H groups in total. The fourth-order valence-electron chi connectivity index (χ4n) is 1.94. The van der Waals surface area contributed by atoms with Crippen LogP contribution in [-0.4, -0.2) is 28.0 Å². The molecule has 0 saturated carbocycles. The lowest BCUT2D eigenvalue weighted by atomic mass is 9.98. The third kappa shape index (κ3) is 3.05. The van der Waals surface area contributed by atoms with E-state index in [0.717, 1.165) is 5.25 Å². The molecule has 0 radical (unpaired) electrons. The van der Waals surface area contributed by atoms with Gasteiger partial charge in [-0.25, -0.2) is 0 Å². The Kier molecular flexibility index (Phi) is 5.67. The maximum absolute atomic E-state index is 5.65. The molecule has 1 fully saturated rings. The number of nitrogens with one attached hydrogen (secondary N) is 1. The van der Waals surface area contributed by atoms with Gasteiger partial charge in [0.2, 0.25) is 0 Å². The second kappa shape index (κ2) is 6.26. The lowest BCUT2D eigenvalue weighted by Gasteiger charge is -2.37. The van der Waals surface area contributed by atoms with Crippen LogP contribution in [0.2, 0.25) is 0 Å². The van der Waals surface area contributed by atoms with Crippen LogP contribution in [0.4, 0.5) is 0 Å². The first kappa shape index (κ1) is 12.7. The molecule has 0 spiro atoms. The molecule has 84 valence electrons. The minimum absolute atomic E-state index is 0.456. The van der Waals surface area contributed by atoms with Crippen LogP contribution in [0.5, 0.6) is 0 Å². The van der Waals surface area contributed by atoms with Gasteiger partial charge >= 0.3 is 0 Å². The van der Waals surface area contributed by atoms with Gasteiger partial charge in [-0.3, -0.25) is 11.3 Å². The molecule has 2 nitrogen and oxygen atoms in total. The van der Waals surface area contributed by atoms with Gasteiger partial charge in [0.1, 0.15) is 0 Å². The third-order valence-electron chi connectivity index (χ3n) is 2.76. The summed E-state index contributed by atoms with van der Waals surface area (Å²) in [6, 6.07) is 0.456. The molecule has 3 atom stereocenters. The summed E-state index contributed by atoms with van der Waals surface area (Å²) in [5.74, 6) is 8.84. The quantitative estimate of drug-likeness (QED) is 0.577. The van der Waals surface area contributed by atoms with Crippen molar-refractivity contribution in [2.45, 2.75) is 43.7 Å². The fourth-order valence-corrected chi connectivity index (χ4v) is 5.36. The van der Waals surface area contributed by atoms with Crippen molar-refractivity contribution < 1.29 is 0 Å². The van der Waals surface area contributed by atoms with Crippen LogP contribution in [0.3, 0.4) is 0 Å². The Bertz CT molecular complexity index is 164. The summed E-state index contributed by atoms with van der Waals surface area (Å²) in [7, 11) is 0. The number of thioether (sulfide) groups is 2. The Morgan fingerprint density at radius 3 is 2.50 bits per heavy atom. The second-order valence-corrected chi connectivity index (χ2v) is 6.72. The van der Waals surface area contributed by atoms with Crippen molar-refractivity contribution in [1.29, 1.82) is 0 Å². The summed E-state index contributed by atoms with van der Waals surface area (Å²) in [5.41, 5.74) is 3.00. The first-order valence-electron chi connectivity index (χ1n) is 5.40. The molecular weight excluding hydrogens is 212 g/mol. The lowest BCUT2D eigenvalue weighted by molar-refractivity contribution is 0.387. The van der Waals surface area contributed by atoms with E-state index in [1.807, 2.05) is 0 Å². The molecule has 0 amide bonds. The Balaban J connectivity index is 2.60. The Hall–Kier alpha value is 0.620. The van der Waals surface area contributed by atoms with Gasteiger partial charge < -0.3 is 0 Å². The molecule has 4 heteroatoms. The topological polar surface area (TPSA) is 38.0 Å². The van der Waals surface area contributed by atoms with Crippen molar-refractivity contribution in [2.75, 3.05) is 11.5 Å². The van der Waals surface area contributed by atoms with Gasteiger partial charge in [0.05, 0.1) is 0 Å². The highest BCUT2D eigenvalue weighted by Gasteiger charge is 2.32. The van der Waals surface area contributed by atoms with Gasteiger partial charge in [-0.15, -0.1) is 0 Å². The highest BCUT2D eigenvalue weighted by Crippen LogP contribution is 2.36. The van der Waals surface area contributed by atoms with Crippen LogP contribution in [0, 0.1) is 5.92 Å². The van der Waals surface area contributed by atoms with Gasteiger partial charge in [-0.2, -0.15) is 23.5 Å². The van der Waals surface area contributed by atoms with Crippen LogP contribution >= 0.6 is 23.5 Å². The Morgan fingerprint density at radius 1 is 1.36 bits per heavy atom. The molecule has 0 bridgehead atoms. The van der Waals surface area contributed by atoms with E-state index in [-0.39, 0.29) is 0 Å². The van der Waals surface area contributed by atoms with E-state index in [1.54, 1.807) is 0 Å². The minimum Gasteiger partial charge on any atom is -0.271 e. The van der Waals surface area contributed by atoms with Crippen molar-refractivity contribution in [3.8, 4) is 0 Å². The zero-order valence-corrected chi connectivity index (χ0v) is 11.0. The maximum atomic E-state index is 5.65. The molecule has 0 aromatic heterocycles. The number of hydrazine groups is 1. The molecule has 1 rings (SSSR count). The van der Waals surface area contributed by atoms with Crippen LogP contribution in [-0.2, 0) is 0 Å². The summed E-state index contributed by atoms with van der Waals surface area (Å²) in [6.45, 7) is 6.78. The highest BCUT2D eigenvalue weighted by molar-refractivity contribution is 8.07. The number of nitrogens with two attached hydrogens (primary N) is 1. The zero-order chi connectivity index (χ0) is 10.6. The third-order valence-corrected chi connectivity index (χ3v) is 6.13. The van der Waals surface area contributed by atoms with Crippen molar-refractivity contribution in [3.63, 3.8) is 0 Å².